The minimum atomic E-state index is 0.557. The summed E-state index contributed by atoms with van der Waals surface area (Å²) in [6, 6.07) is 11.4. The average molecular weight is 415 g/mol. The van der Waals surface area contributed by atoms with Crippen molar-refractivity contribution in [2.24, 2.45) is 4.99 Å². The largest absolute Gasteiger partial charge is 0.356 e. The molecule has 1 aromatic carbocycles. The Morgan fingerprint density at radius 2 is 1.60 bits per heavy atom. The minimum Gasteiger partial charge on any atom is -0.356 e. The van der Waals surface area contributed by atoms with Crippen LogP contribution in [0, 0.1) is 0 Å². The molecule has 0 saturated carbocycles. The number of nitrogens with one attached hydrogen (secondary N) is 2. The lowest BCUT2D eigenvalue weighted by atomic mass is 10.1. The molecule has 0 amide bonds. The van der Waals surface area contributed by atoms with E-state index in [0.717, 1.165) is 25.5 Å². The van der Waals surface area contributed by atoms with Gasteiger partial charge in [0.1, 0.15) is 0 Å². The maximum absolute atomic E-state index is 4.43. The third kappa shape index (κ3) is 7.89. The first kappa shape index (κ1) is 23.0. The number of aliphatic imine (C=N–C) groups is 1. The van der Waals surface area contributed by atoms with E-state index in [0.29, 0.717) is 6.04 Å². The van der Waals surface area contributed by atoms with Gasteiger partial charge in [0.15, 0.2) is 5.96 Å². The number of piperidine rings is 1. The zero-order valence-corrected chi connectivity index (χ0v) is 19.2. The predicted molar refractivity (Wildman–Crippen MR) is 127 cm³/mol. The van der Waals surface area contributed by atoms with E-state index in [1.54, 1.807) is 0 Å². The molecule has 6 heteroatoms. The number of hydrogen-bond donors (Lipinski definition) is 2. The highest BCUT2D eigenvalue weighted by Gasteiger charge is 2.19. The molecule has 2 saturated heterocycles. The molecule has 2 N–H and O–H groups in total. The van der Waals surface area contributed by atoms with Crippen molar-refractivity contribution in [3.05, 3.63) is 35.9 Å². The topological polar surface area (TPSA) is 46.1 Å². The van der Waals surface area contributed by atoms with Gasteiger partial charge in [0, 0.05) is 65.4 Å². The van der Waals surface area contributed by atoms with Crippen LogP contribution >= 0.6 is 0 Å². The molecular weight excluding hydrogens is 372 g/mol. The predicted octanol–water partition coefficient (Wildman–Crippen LogP) is 2.23. The van der Waals surface area contributed by atoms with Crippen molar-refractivity contribution in [3.63, 3.8) is 0 Å². The molecule has 2 aliphatic rings. The van der Waals surface area contributed by atoms with Crippen molar-refractivity contribution in [1.82, 2.24) is 25.3 Å². The second-order valence-corrected chi connectivity index (χ2v) is 8.72. The van der Waals surface area contributed by atoms with Crippen molar-refractivity contribution in [2.45, 2.75) is 45.2 Å². The van der Waals surface area contributed by atoms with Crippen LogP contribution in [0.1, 0.15) is 38.2 Å². The molecule has 3 rings (SSSR count). The summed E-state index contributed by atoms with van der Waals surface area (Å²) >= 11 is 0. The van der Waals surface area contributed by atoms with Crippen LogP contribution in [0.15, 0.2) is 35.3 Å². The van der Waals surface area contributed by atoms with E-state index in [1.165, 1.54) is 77.2 Å². The van der Waals surface area contributed by atoms with E-state index >= 15 is 0 Å². The first-order valence-corrected chi connectivity index (χ1v) is 11.9. The van der Waals surface area contributed by atoms with Crippen LogP contribution in [0.25, 0.3) is 0 Å². The van der Waals surface area contributed by atoms with Gasteiger partial charge < -0.3 is 20.4 Å². The SMILES string of the molecule is CCCN1CCC(NC(=NC)NCCCN2CCN(Cc3ccccc3)CC2)CC1. The Labute approximate surface area is 183 Å². The first-order valence-electron chi connectivity index (χ1n) is 11.9. The molecule has 2 aliphatic heterocycles. The molecule has 0 atom stereocenters. The van der Waals surface area contributed by atoms with E-state index in [2.05, 4.69) is 67.6 Å². The van der Waals surface area contributed by atoms with Gasteiger partial charge in [-0.1, -0.05) is 37.3 Å². The Bertz CT molecular complexity index is 603. The van der Waals surface area contributed by atoms with Gasteiger partial charge in [-0.15, -0.1) is 0 Å². The molecule has 0 aliphatic carbocycles. The molecule has 0 unspecified atom stereocenters. The summed E-state index contributed by atoms with van der Waals surface area (Å²) in [6.45, 7) is 13.8. The van der Waals surface area contributed by atoms with Crippen LogP contribution in [0.3, 0.4) is 0 Å². The Balaban J connectivity index is 1.25. The van der Waals surface area contributed by atoms with Crippen molar-refractivity contribution in [1.29, 1.82) is 0 Å². The van der Waals surface area contributed by atoms with Gasteiger partial charge >= 0.3 is 0 Å². The Hall–Kier alpha value is -1.63. The zero-order chi connectivity index (χ0) is 21.0. The number of hydrogen-bond acceptors (Lipinski definition) is 4. The Morgan fingerprint density at radius 1 is 0.933 bits per heavy atom. The van der Waals surface area contributed by atoms with Crippen LogP contribution < -0.4 is 10.6 Å². The van der Waals surface area contributed by atoms with Gasteiger partial charge in [-0.25, -0.2) is 0 Å². The molecular formula is C24H42N6. The highest BCUT2D eigenvalue weighted by atomic mass is 15.3. The molecule has 2 fully saturated rings. The molecule has 1 aromatic rings. The second-order valence-electron chi connectivity index (χ2n) is 8.72. The third-order valence-electron chi connectivity index (χ3n) is 6.35. The number of rotatable bonds is 9. The molecule has 0 radical (unpaired) electrons. The summed E-state index contributed by atoms with van der Waals surface area (Å²) < 4.78 is 0. The van der Waals surface area contributed by atoms with Crippen molar-refractivity contribution in [3.8, 4) is 0 Å². The summed E-state index contributed by atoms with van der Waals surface area (Å²) in [5.74, 6) is 0.969. The number of guanidine groups is 1. The van der Waals surface area contributed by atoms with Crippen LogP contribution in [0.2, 0.25) is 0 Å². The van der Waals surface area contributed by atoms with Crippen LogP contribution in [0.5, 0.6) is 0 Å². The quantitative estimate of drug-likeness (QED) is 0.369. The fourth-order valence-corrected chi connectivity index (χ4v) is 4.53. The Morgan fingerprint density at radius 3 is 2.27 bits per heavy atom. The van der Waals surface area contributed by atoms with E-state index in [9.17, 15) is 0 Å². The molecule has 0 aromatic heterocycles. The van der Waals surface area contributed by atoms with Gasteiger partial charge in [0.2, 0.25) is 0 Å². The molecule has 2 heterocycles. The van der Waals surface area contributed by atoms with Gasteiger partial charge in [-0.05, 0) is 44.3 Å². The van der Waals surface area contributed by atoms with Gasteiger partial charge in [-0.2, -0.15) is 0 Å². The van der Waals surface area contributed by atoms with E-state index in [1.807, 2.05) is 7.05 Å². The van der Waals surface area contributed by atoms with Crippen molar-refractivity contribution < 1.29 is 0 Å². The highest BCUT2D eigenvalue weighted by molar-refractivity contribution is 5.79. The molecule has 6 nitrogen and oxygen atoms in total. The maximum Gasteiger partial charge on any atom is 0.191 e. The minimum absolute atomic E-state index is 0.557. The number of piperazine rings is 1. The normalized spacial score (nSPS) is 20.4. The fourth-order valence-electron chi connectivity index (χ4n) is 4.53. The van der Waals surface area contributed by atoms with Crippen LogP contribution in [0.4, 0.5) is 0 Å². The Kier molecular flexibility index (Phi) is 9.93. The van der Waals surface area contributed by atoms with Gasteiger partial charge in [-0.3, -0.25) is 9.89 Å². The summed E-state index contributed by atoms with van der Waals surface area (Å²) in [4.78, 5) is 12.2. The van der Waals surface area contributed by atoms with E-state index < -0.39 is 0 Å². The first-order chi connectivity index (χ1) is 14.8. The standard InChI is InChI=1S/C24H42N6/c1-3-13-28-15-10-23(11-16-28)27-24(25-2)26-12-7-14-29-17-19-30(20-18-29)21-22-8-5-4-6-9-22/h4-6,8-9,23H,3,7,10-21H2,1-2H3,(H2,25,26,27). The summed E-state index contributed by atoms with van der Waals surface area (Å²) in [6.07, 6.45) is 4.85. The monoisotopic (exact) mass is 414 g/mol. The average Bonchev–Trinajstić information content (AvgIpc) is 2.79. The molecule has 0 spiro atoms. The summed E-state index contributed by atoms with van der Waals surface area (Å²) in [5, 5.41) is 7.15. The zero-order valence-electron chi connectivity index (χ0n) is 19.2. The number of nitrogens with zero attached hydrogens (tertiary/aromatic N) is 4. The molecule has 0 bridgehead atoms. The third-order valence-corrected chi connectivity index (χ3v) is 6.35. The lowest BCUT2D eigenvalue weighted by Gasteiger charge is -2.35. The lowest BCUT2D eigenvalue weighted by Crippen LogP contribution is -2.49. The van der Waals surface area contributed by atoms with Gasteiger partial charge in [0.25, 0.3) is 0 Å². The van der Waals surface area contributed by atoms with E-state index in [-0.39, 0.29) is 0 Å². The molecule has 30 heavy (non-hydrogen) atoms. The summed E-state index contributed by atoms with van der Waals surface area (Å²) in [7, 11) is 1.88. The number of benzene rings is 1. The highest BCUT2D eigenvalue weighted by Crippen LogP contribution is 2.11. The number of likely N-dealkylation sites (tertiary alicyclic amines) is 1. The van der Waals surface area contributed by atoms with Crippen molar-refractivity contribution >= 4 is 5.96 Å². The van der Waals surface area contributed by atoms with E-state index in [4.69, 9.17) is 0 Å². The van der Waals surface area contributed by atoms with Crippen LogP contribution in [-0.4, -0.2) is 92.7 Å². The van der Waals surface area contributed by atoms with Gasteiger partial charge in [0.05, 0.1) is 0 Å². The van der Waals surface area contributed by atoms with Crippen molar-refractivity contribution in [2.75, 3.05) is 66.0 Å². The summed E-state index contributed by atoms with van der Waals surface area (Å²) in [5.41, 5.74) is 1.42. The van der Waals surface area contributed by atoms with Crippen LogP contribution in [-0.2, 0) is 6.54 Å². The smallest absolute Gasteiger partial charge is 0.191 e. The molecule has 168 valence electrons. The second kappa shape index (κ2) is 12.9. The maximum atomic E-state index is 4.43. The lowest BCUT2D eigenvalue weighted by molar-refractivity contribution is 0.126. The fraction of sp³-hybridized carbons (Fsp3) is 0.708.